The van der Waals surface area contributed by atoms with Crippen LogP contribution in [-0.2, 0) is 10.0 Å². The molecular weight excluding hydrogens is 354 g/mol. The quantitative estimate of drug-likeness (QED) is 0.786. The molecule has 2 rings (SSSR count). The SMILES string of the molecule is COc1cc(C)c(C(C)C)cc1S(=O)(=O)N[C@@H](C)c1nc(C(C)C)no1. The Bertz CT molecular complexity index is 873. The van der Waals surface area contributed by atoms with Crippen LogP contribution in [0.25, 0.3) is 0 Å². The molecule has 1 heterocycles. The second-order valence-corrected chi connectivity index (χ2v) is 8.69. The Morgan fingerprint density at radius 1 is 1.12 bits per heavy atom. The van der Waals surface area contributed by atoms with Crippen LogP contribution >= 0.6 is 0 Å². The number of aromatic nitrogens is 2. The van der Waals surface area contributed by atoms with Crippen LogP contribution in [-0.4, -0.2) is 25.7 Å². The van der Waals surface area contributed by atoms with Gasteiger partial charge in [0.1, 0.15) is 10.6 Å². The third-order valence-electron chi connectivity index (χ3n) is 4.14. The Morgan fingerprint density at radius 2 is 1.77 bits per heavy atom. The predicted octanol–water partition coefficient (Wildman–Crippen LogP) is 3.67. The van der Waals surface area contributed by atoms with E-state index >= 15 is 0 Å². The molecule has 144 valence electrons. The Hall–Kier alpha value is -1.93. The third-order valence-corrected chi connectivity index (χ3v) is 5.70. The number of benzene rings is 1. The molecule has 0 saturated carbocycles. The van der Waals surface area contributed by atoms with Crippen molar-refractivity contribution in [3.8, 4) is 5.75 Å². The van der Waals surface area contributed by atoms with Crippen LogP contribution in [0.2, 0.25) is 0 Å². The van der Waals surface area contributed by atoms with Gasteiger partial charge in [-0.2, -0.15) is 9.71 Å². The van der Waals surface area contributed by atoms with Crippen molar-refractivity contribution in [2.45, 2.75) is 64.3 Å². The van der Waals surface area contributed by atoms with Gasteiger partial charge in [-0.1, -0.05) is 32.9 Å². The van der Waals surface area contributed by atoms with E-state index in [2.05, 4.69) is 14.9 Å². The number of sulfonamides is 1. The lowest BCUT2D eigenvalue weighted by Crippen LogP contribution is -2.27. The summed E-state index contributed by atoms with van der Waals surface area (Å²) in [6.07, 6.45) is 0. The highest BCUT2D eigenvalue weighted by Crippen LogP contribution is 2.31. The molecule has 0 bridgehead atoms. The molecule has 8 heteroatoms. The van der Waals surface area contributed by atoms with E-state index in [-0.39, 0.29) is 22.6 Å². The van der Waals surface area contributed by atoms with Crippen LogP contribution in [0.5, 0.6) is 5.75 Å². The van der Waals surface area contributed by atoms with Crippen molar-refractivity contribution in [2.24, 2.45) is 0 Å². The minimum atomic E-state index is -3.84. The maximum Gasteiger partial charge on any atom is 0.244 e. The highest BCUT2D eigenvalue weighted by atomic mass is 32.2. The number of aryl methyl sites for hydroxylation is 1. The summed E-state index contributed by atoms with van der Waals surface area (Å²) >= 11 is 0. The number of methoxy groups -OCH3 is 1. The molecule has 26 heavy (non-hydrogen) atoms. The highest BCUT2D eigenvalue weighted by Gasteiger charge is 2.27. The Morgan fingerprint density at radius 3 is 2.27 bits per heavy atom. The molecule has 0 aliphatic heterocycles. The summed E-state index contributed by atoms with van der Waals surface area (Å²) in [5.41, 5.74) is 1.95. The summed E-state index contributed by atoms with van der Waals surface area (Å²) < 4.78 is 39.0. The van der Waals surface area contributed by atoms with Crippen molar-refractivity contribution in [1.82, 2.24) is 14.9 Å². The molecule has 0 radical (unpaired) electrons. The monoisotopic (exact) mass is 381 g/mol. The molecular formula is C18H27N3O4S. The van der Waals surface area contributed by atoms with E-state index in [0.717, 1.165) is 11.1 Å². The average Bonchev–Trinajstić information content (AvgIpc) is 3.03. The van der Waals surface area contributed by atoms with Crippen molar-refractivity contribution in [3.05, 3.63) is 35.0 Å². The zero-order chi connectivity index (χ0) is 19.6. The average molecular weight is 381 g/mol. The van der Waals surface area contributed by atoms with Gasteiger partial charge in [-0.15, -0.1) is 0 Å². The number of nitrogens with one attached hydrogen (secondary N) is 1. The molecule has 0 spiro atoms. The van der Waals surface area contributed by atoms with Crippen molar-refractivity contribution in [2.75, 3.05) is 7.11 Å². The smallest absolute Gasteiger partial charge is 0.244 e. The third kappa shape index (κ3) is 4.24. The first-order valence-electron chi connectivity index (χ1n) is 8.61. The zero-order valence-electron chi connectivity index (χ0n) is 16.3. The van der Waals surface area contributed by atoms with Gasteiger partial charge in [-0.25, -0.2) is 8.42 Å². The van der Waals surface area contributed by atoms with Crippen LogP contribution in [0, 0.1) is 6.92 Å². The van der Waals surface area contributed by atoms with Crippen molar-refractivity contribution < 1.29 is 17.7 Å². The van der Waals surface area contributed by atoms with Gasteiger partial charge in [-0.3, -0.25) is 0 Å². The number of rotatable bonds is 7. The molecule has 2 aromatic rings. The summed E-state index contributed by atoms with van der Waals surface area (Å²) in [6.45, 7) is 11.5. The standard InChI is InChI=1S/C18H27N3O4S/c1-10(2)14-9-16(15(24-7)8-12(14)5)26(22,23)21-13(6)18-19-17(11(3)4)20-25-18/h8-11,13,21H,1-7H3/t13-/m0/s1. The van der Waals surface area contributed by atoms with Gasteiger partial charge in [0.25, 0.3) is 0 Å². The van der Waals surface area contributed by atoms with E-state index in [1.807, 2.05) is 34.6 Å². The molecule has 0 unspecified atom stereocenters. The summed E-state index contributed by atoms with van der Waals surface area (Å²) in [7, 11) is -2.38. The number of hydrogen-bond donors (Lipinski definition) is 1. The highest BCUT2D eigenvalue weighted by molar-refractivity contribution is 7.89. The molecule has 1 aromatic heterocycles. The van der Waals surface area contributed by atoms with Gasteiger partial charge < -0.3 is 9.26 Å². The van der Waals surface area contributed by atoms with Crippen molar-refractivity contribution in [1.29, 1.82) is 0 Å². The lowest BCUT2D eigenvalue weighted by Gasteiger charge is -2.17. The predicted molar refractivity (Wildman–Crippen MR) is 98.9 cm³/mol. The minimum absolute atomic E-state index is 0.0992. The Kier molecular flexibility index (Phi) is 6.08. The maximum atomic E-state index is 12.9. The molecule has 7 nitrogen and oxygen atoms in total. The lowest BCUT2D eigenvalue weighted by molar-refractivity contribution is 0.348. The number of ether oxygens (including phenoxy) is 1. The van der Waals surface area contributed by atoms with Crippen molar-refractivity contribution >= 4 is 10.0 Å². The van der Waals surface area contributed by atoms with Gasteiger partial charge >= 0.3 is 0 Å². The summed E-state index contributed by atoms with van der Waals surface area (Å²) in [5.74, 6) is 1.37. The minimum Gasteiger partial charge on any atom is -0.495 e. The number of nitrogens with zero attached hydrogens (tertiary/aromatic N) is 2. The normalized spacial score (nSPS) is 13.4. The maximum absolute atomic E-state index is 12.9. The summed E-state index contributed by atoms with van der Waals surface area (Å²) in [6, 6.07) is 2.76. The molecule has 1 aromatic carbocycles. The molecule has 0 fully saturated rings. The van der Waals surface area contributed by atoms with Gasteiger partial charge in [-0.05, 0) is 43.0 Å². The number of hydrogen-bond acceptors (Lipinski definition) is 6. The first-order chi connectivity index (χ1) is 12.1. The molecule has 0 amide bonds. The zero-order valence-corrected chi connectivity index (χ0v) is 17.1. The summed E-state index contributed by atoms with van der Waals surface area (Å²) in [4.78, 5) is 4.36. The van der Waals surface area contributed by atoms with E-state index in [0.29, 0.717) is 11.6 Å². The first kappa shape index (κ1) is 20.4. The molecule has 0 aliphatic carbocycles. The van der Waals surface area contributed by atoms with Gasteiger partial charge in [0.2, 0.25) is 15.9 Å². The fourth-order valence-electron chi connectivity index (χ4n) is 2.67. The fraction of sp³-hybridized carbons (Fsp3) is 0.556. The van der Waals surface area contributed by atoms with Crippen LogP contribution in [0.4, 0.5) is 0 Å². The molecule has 1 N–H and O–H groups in total. The van der Waals surface area contributed by atoms with E-state index in [1.54, 1.807) is 19.1 Å². The van der Waals surface area contributed by atoms with Crippen LogP contribution < -0.4 is 9.46 Å². The van der Waals surface area contributed by atoms with Crippen LogP contribution in [0.1, 0.15) is 75.3 Å². The van der Waals surface area contributed by atoms with Crippen LogP contribution in [0.15, 0.2) is 21.6 Å². The van der Waals surface area contributed by atoms with E-state index < -0.39 is 16.1 Å². The second kappa shape index (κ2) is 7.75. The second-order valence-electron chi connectivity index (χ2n) is 7.00. The van der Waals surface area contributed by atoms with E-state index in [9.17, 15) is 8.42 Å². The largest absolute Gasteiger partial charge is 0.495 e. The molecule has 1 atom stereocenters. The first-order valence-corrected chi connectivity index (χ1v) is 10.1. The Labute approximate surface area is 155 Å². The van der Waals surface area contributed by atoms with Crippen LogP contribution in [0.3, 0.4) is 0 Å². The lowest BCUT2D eigenvalue weighted by atomic mass is 9.98. The topological polar surface area (TPSA) is 94.3 Å². The molecule has 0 aliphatic rings. The van der Waals surface area contributed by atoms with E-state index in [1.165, 1.54) is 7.11 Å². The summed E-state index contributed by atoms with van der Waals surface area (Å²) in [5, 5.41) is 3.88. The Balaban J connectivity index is 2.38. The molecule has 0 saturated heterocycles. The van der Waals surface area contributed by atoms with Gasteiger partial charge in [0.05, 0.1) is 13.2 Å². The van der Waals surface area contributed by atoms with Crippen molar-refractivity contribution in [3.63, 3.8) is 0 Å². The fourth-order valence-corrected chi connectivity index (χ4v) is 4.06. The van der Waals surface area contributed by atoms with E-state index in [4.69, 9.17) is 9.26 Å². The van der Waals surface area contributed by atoms with Gasteiger partial charge in [0, 0.05) is 5.92 Å². The van der Waals surface area contributed by atoms with Gasteiger partial charge in [0.15, 0.2) is 5.82 Å².